The quantitative estimate of drug-likeness (QED) is 0.227. The van der Waals surface area contributed by atoms with E-state index in [1.54, 1.807) is 0 Å². The summed E-state index contributed by atoms with van der Waals surface area (Å²) in [5, 5.41) is 40.8. The van der Waals surface area contributed by atoms with Gasteiger partial charge in [-0.2, -0.15) is 0 Å². The summed E-state index contributed by atoms with van der Waals surface area (Å²) in [6, 6.07) is -7.27. The predicted molar refractivity (Wildman–Crippen MR) is 133 cm³/mol. The van der Waals surface area contributed by atoms with E-state index in [0.717, 1.165) is 6.92 Å². The van der Waals surface area contributed by atoms with Gasteiger partial charge in [0.2, 0.25) is 0 Å². The van der Waals surface area contributed by atoms with Crippen molar-refractivity contribution in [3.63, 3.8) is 0 Å². The summed E-state index contributed by atoms with van der Waals surface area (Å²) in [4.78, 5) is 8.13. The standard InChI is InChI=1S/C24H31FN6O4S/c1-3-8-36-24-27-22(26-16-10-14(16)13-5-4-12(2)15(25)9-13)19-23(28-24)31(30-29-19)17-11-18(35-7-6-32)21(34)20(17)33/h4-5,9,14,16-18,20-21,32-34H,3,6-8,10-11H2,1-2H3,(H,26,27,28)/t14-,16+,17+,18-,20-,21+/m0/s1/i3D2,4D,5D,8D2,9D,10D2,11D2,17D,18D,20D,21D. The number of ether oxygens (including phenoxy) is 1. The van der Waals surface area contributed by atoms with Crippen molar-refractivity contribution in [2.24, 2.45) is 0 Å². The molecule has 36 heavy (non-hydrogen) atoms. The number of hydrogen-bond acceptors (Lipinski definition) is 10. The van der Waals surface area contributed by atoms with E-state index in [1.807, 2.05) is 0 Å². The lowest BCUT2D eigenvalue weighted by molar-refractivity contribution is -0.0629. The minimum Gasteiger partial charge on any atom is -0.394 e. The zero-order valence-electron chi connectivity index (χ0n) is 33.8. The summed E-state index contributed by atoms with van der Waals surface area (Å²) in [5.74, 6) is -3.16. The maximum atomic E-state index is 14.8. The minimum atomic E-state index is -4.06. The van der Waals surface area contributed by atoms with Gasteiger partial charge in [-0.3, -0.25) is 0 Å². The largest absolute Gasteiger partial charge is 0.394 e. The molecule has 2 aliphatic rings. The van der Waals surface area contributed by atoms with Gasteiger partial charge in [0, 0.05) is 35.0 Å². The maximum absolute atomic E-state index is 14.8. The average molecular weight is 534 g/mol. The van der Waals surface area contributed by atoms with Gasteiger partial charge in [0.25, 0.3) is 0 Å². The first-order valence-corrected chi connectivity index (χ1v) is 11.4. The first kappa shape index (κ1) is 12.9. The molecule has 3 aromatic rings. The summed E-state index contributed by atoms with van der Waals surface area (Å²) in [7, 11) is 0. The molecule has 6 atom stereocenters. The van der Waals surface area contributed by atoms with Gasteiger partial charge in [-0.15, -0.1) is 5.10 Å². The third-order valence-corrected chi connectivity index (χ3v) is 5.79. The topological polar surface area (TPSA) is 138 Å². The monoisotopic (exact) mass is 533 g/mol. The van der Waals surface area contributed by atoms with Crippen molar-refractivity contribution in [2.75, 3.05) is 24.2 Å². The first-order chi connectivity index (χ1) is 23.0. The van der Waals surface area contributed by atoms with E-state index in [0.29, 0.717) is 0 Å². The Hall–Kier alpha value is -2.38. The highest BCUT2D eigenvalue weighted by molar-refractivity contribution is 7.99. The van der Waals surface area contributed by atoms with Crippen LogP contribution in [-0.4, -0.2) is 83.5 Å². The van der Waals surface area contributed by atoms with Gasteiger partial charge in [-0.1, -0.05) is 36.0 Å². The van der Waals surface area contributed by atoms with E-state index in [2.05, 4.69) is 25.6 Å². The molecule has 0 amide bonds. The molecule has 2 aliphatic carbocycles. The zero-order valence-corrected chi connectivity index (χ0v) is 19.7. The van der Waals surface area contributed by atoms with E-state index in [-0.39, 0.29) is 22.0 Å². The van der Waals surface area contributed by atoms with Crippen molar-refractivity contribution in [1.82, 2.24) is 25.0 Å². The number of aliphatic hydroxyl groups excluding tert-OH is 1. The summed E-state index contributed by atoms with van der Waals surface area (Å²) < 4.78 is 146. The van der Waals surface area contributed by atoms with Crippen LogP contribution in [0.25, 0.3) is 11.2 Å². The SMILES string of the molecule is [2H]c1c([2H])c([C@H]2[C@H](Nc3nc(SC([2H])([2H])C([2H])([2H])C)nc4c3nnn4[C@]3([2H])C([2H])([2H])[C@]([2H])(OCCO)[C@@]([2H])(O)[C@@]3([2H])O)C2([2H])[2H])c([2H])c(F)c1C. The van der Waals surface area contributed by atoms with Gasteiger partial charge in [-0.05, 0) is 36.8 Å². The minimum absolute atomic E-state index is 0.0597. The Kier molecular flexibility index (Phi) is 3.78. The van der Waals surface area contributed by atoms with Gasteiger partial charge >= 0.3 is 0 Å². The van der Waals surface area contributed by atoms with Gasteiger partial charge in [0.1, 0.15) is 18.0 Å². The third kappa shape index (κ3) is 4.92. The van der Waals surface area contributed by atoms with E-state index in [4.69, 9.17) is 25.3 Å². The van der Waals surface area contributed by atoms with Crippen LogP contribution in [0.2, 0.25) is 0 Å². The van der Waals surface area contributed by atoms with Crippen molar-refractivity contribution in [1.29, 1.82) is 0 Å². The number of benzene rings is 1. The second-order valence-corrected chi connectivity index (χ2v) is 8.32. The highest BCUT2D eigenvalue weighted by Crippen LogP contribution is 2.44. The second-order valence-electron chi connectivity index (χ2n) is 7.55. The van der Waals surface area contributed by atoms with Gasteiger partial charge in [0.15, 0.2) is 22.1 Å². The lowest BCUT2D eigenvalue weighted by atomic mass is 10.1. The fraction of sp³-hybridized carbons (Fsp3) is 0.583. The van der Waals surface area contributed by atoms with Gasteiger partial charge in [0.05, 0.1) is 34.9 Å². The van der Waals surface area contributed by atoms with E-state index < -0.39 is 126 Å². The van der Waals surface area contributed by atoms with Crippen molar-refractivity contribution in [2.45, 2.75) is 74.3 Å². The molecule has 0 saturated heterocycles. The Morgan fingerprint density at radius 1 is 1.36 bits per heavy atom. The number of nitrogens with zero attached hydrogens (tertiary/aromatic N) is 5. The predicted octanol–water partition coefficient (Wildman–Crippen LogP) is 2.18. The summed E-state index contributed by atoms with van der Waals surface area (Å²) in [6.07, 6.45) is -20.4. The lowest BCUT2D eigenvalue weighted by Gasteiger charge is -2.17. The molecule has 10 nitrogen and oxygen atoms in total. The molecular formula is C24H31FN6O4S. The highest BCUT2D eigenvalue weighted by Gasteiger charge is 2.45. The highest BCUT2D eigenvalue weighted by atomic mass is 32.2. The van der Waals surface area contributed by atoms with Crippen LogP contribution in [0, 0.1) is 12.7 Å². The second kappa shape index (κ2) is 10.5. The molecule has 0 radical (unpaired) electrons. The third-order valence-electron chi connectivity index (χ3n) is 5.11. The molecular weight excluding hydrogens is 487 g/mol. The molecule has 0 aliphatic heterocycles. The normalized spacial score (nSPS) is 45.4. The first-order valence-electron chi connectivity index (χ1n) is 18.1. The number of hydrogen-bond donors (Lipinski definition) is 4. The average Bonchev–Trinajstić information content (AvgIpc) is 3.29. The molecule has 2 saturated carbocycles. The van der Waals surface area contributed by atoms with Crippen LogP contribution >= 0.6 is 11.8 Å². The molecule has 1 aromatic carbocycles. The molecule has 2 fully saturated rings. The summed E-state index contributed by atoms with van der Waals surface area (Å²) in [5.41, 5.74) is -4.99. The molecule has 0 unspecified atom stereocenters. The smallest absolute Gasteiger partial charge is 0.191 e. The van der Waals surface area contributed by atoms with Gasteiger partial charge < -0.3 is 25.4 Å². The molecule has 4 N–H and O–H groups in total. The van der Waals surface area contributed by atoms with Crippen LogP contribution < -0.4 is 5.32 Å². The van der Waals surface area contributed by atoms with Crippen LogP contribution in [-0.2, 0) is 4.74 Å². The number of rotatable bonds is 10. The van der Waals surface area contributed by atoms with E-state index >= 15 is 0 Å². The fourth-order valence-electron chi connectivity index (χ4n) is 3.31. The summed E-state index contributed by atoms with van der Waals surface area (Å²) in [6.45, 7) is 0.317. The van der Waals surface area contributed by atoms with E-state index in [1.165, 1.54) is 6.92 Å². The molecule has 12 heteroatoms. The van der Waals surface area contributed by atoms with Crippen LogP contribution in [0.3, 0.4) is 0 Å². The molecule has 2 heterocycles. The molecule has 2 aromatic heterocycles. The Balaban J connectivity index is 1.73. The molecule has 5 rings (SSSR count). The Morgan fingerprint density at radius 3 is 2.97 bits per heavy atom. The number of halogens is 1. The van der Waals surface area contributed by atoms with Crippen molar-refractivity contribution < 1.29 is 45.0 Å². The lowest BCUT2D eigenvalue weighted by Crippen LogP contribution is -2.33. The van der Waals surface area contributed by atoms with Crippen molar-refractivity contribution in [3.8, 4) is 0 Å². The number of aliphatic hydroxyl groups is 3. The molecule has 0 bridgehead atoms. The molecule has 194 valence electrons. The molecule has 0 spiro atoms. The number of nitrogens with one attached hydrogen (secondary N) is 1. The van der Waals surface area contributed by atoms with Crippen molar-refractivity contribution >= 4 is 28.7 Å². The maximum Gasteiger partial charge on any atom is 0.191 e. The number of aromatic nitrogens is 5. The fourth-order valence-corrected chi connectivity index (χ4v) is 3.78. The van der Waals surface area contributed by atoms with Gasteiger partial charge in [-0.25, -0.2) is 19.0 Å². The van der Waals surface area contributed by atoms with E-state index in [9.17, 15) is 19.7 Å². The van der Waals surface area contributed by atoms with Crippen LogP contribution in [0.5, 0.6) is 0 Å². The number of anilines is 1. The van der Waals surface area contributed by atoms with Crippen LogP contribution in [0.1, 0.15) is 69.7 Å². The Bertz CT molecular complexity index is 1890. The number of fused-ring (bicyclic) bond motifs is 1. The number of thioether (sulfide) groups is 1. The Labute approximate surface area is 233 Å². The summed E-state index contributed by atoms with van der Waals surface area (Å²) >= 11 is 0.0597. The van der Waals surface area contributed by atoms with Crippen molar-refractivity contribution in [3.05, 3.63) is 35.1 Å². The Morgan fingerprint density at radius 2 is 2.19 bits per heavy atom. The van der Waals surface area contributed by atoms with Crippen LogP contribution in [0.15, 0.2) is 23.3 Å². The zero-order chi connectivity index (χ0) is 38.9. The van der Waals surface area contributed by atoms with Crippen LogP contribution in [0.4, 0.5) is 10.2 Å².